The second-order valence-corrected chi connectivity index (χ2v) is 2.47. The quantitative estimate of drug-likeness (QED) is 0.499. The van der Waals surface area contributed by atoms with Crippen molar-refractivity contribution in [3.63, 3.8) is 0 Å². The molecule has 2 heteroatoms. The third-order valence-corrected chi connectivity index (χ3v) is 1.53. The van der Waals surface area contributed by atoms with Crippen molar-refractivity contribution in [2.24, 2.45) is 5.73 Å². The van der Waals surface area contributed by atoms with E-state index < -0.39 is 0 Å². The largest absolute Gasteiger partial charge is 0.378 e. The van der Waals surface area contributed by atoms with Crippen LogP contribution >= 0.6 is 0 Å². The van der Waals surface area contributed by atoms with E-state index in [-0.39, 0.29) is 0 Å². The molecule has 1 saturated heterocycles. The Morgan fingerprint density at radius 1 is 1.62 bits per heavy atom. The van der Waals surface area contributed by atoms with E-state index in [1.165, 1.54) is 0 Å². The van der Waals surface area contributed by atoms with Crippen LogP contribution in [0.1, 0.15) is 19.8 Å². The molecule has 0 saturated carbocycles. The molecule has 0 unspecified atom stereocenters. The summed E-state index contributed by atoms with van der Waals surface area (Å²) >= 11 is 0. The first-order valence-electron chi connectivity index (χ1n) is 3.16. The Morgan fingerprint density at radius 3 is 2.75 bits per heavy atom. The molecular formula is C6H13NO. The van der Waals surface area contributed by atoms with Crippen LogP contribution in [0.2, 0.25) is 0 Å². The SMILES string of the molecule is C[C@@H]1C[C@H](N)CCO1. The summed E-state index contributed by atoms with van der Waals surface area (Å²) in [4.78, 5) is 0. The van der Waals surface area contributed by atoms with E-state index in [0.717, 1.165) is 19.4 Å². The van der Waals surface area contributed by atoms with Gasteiger partial charge in [-0.3, -0.25) is 0 Å². The molecule has 0 aromatic carbocycles. The van der Waals surface area contributed by atoms with Gasteiger partial charge in [0, 0.05) is 12.6 Å². The maximum Gasteiger partial charge on any atom is 0.0561 e. The average Bonchev–Trinajstić information content (AvgIpc) is 1.64. The molecule has 0 aromatic rings. The average molecular weight is 115 g/mol. The summed E-state index contributed by atoms with van der Waals surface area (Å²) in [6.45, 7) is 2.92. The van der Waals surface area contributed by atoms with Gasteiger partial charge >= 0.3 is 0 Å². The molecule has 2 nitrogen and oxygen atoms in total. The third-order valence-electron chi connectivity index (χ3n) is 1.53. The lowest BCUT2D eigenvalue weighted by Crippen LogP contribution is -2.32. The monoisotopic (exact) mass is 115 g/mol. The number of ether oxygens (including phenoxy) is 1. The van der Waals surface area contributed by atoms with E-state index in [0.29, 0.717) is 12.1 Å². The lowest BCUT2D eigenvalue weighted by atomic mass is 10.1. The first-order chi connectivity index (χ1) is 3.79. The summed E-state index contributed by atoms with van der Waals surface area (Å²) in [6, 6.07) is 0.388. The van der Waals surface area contributed by atoms with Gasteiger partial charge in [0.1, 0.15) is 0 Å². The molecule has 8 heavy (non-hydrogen) atoms. The van der Waals surface area contributed by atoms with Crippen molar-refractivity contribution >= 4 is 0 Å². The fourth-order valence-electron chi connectivity index (χ4n) is 1.03. The van der Waals surface area contributed by atoms with Crippen LogP contribution in [0.5, 0.6) is 0 Å². The zero-order valence-corrected chi connectivity index (χ0v) is 5.26. The van der Waals surface area contributed by atoms with Crippen molar-refractivity contribution in [2.75, 3.05) is 6.61 Å². The molecule has 0 aromatic heterocycles. The fraction of sp³-hybridized carbons (Fsp3) is 1.00. The van der Waals surface area contributed by atoms with Gasteiger partial charge in [-0.2, -0.15) is 0 Å². The fourth-order valence-corrected chi connectivity index (χ4v) is 1.03. The van der Waals surface area contributed by atoms with E-state index in [1.807, 2.05) is 0 Å². The summed E-state index contributed by atoms with van der Waals surface area (Å²) in [5, 5.41) is 0. The highest BCUT2D eigenvalue weighted by atomic mass is 16.5. The highest BCUT2D eigenvalue weighted by Gasteiger charge is 2.14. The number of rotatable bonds is 0. The molecule has 1 aliphatic rings. The Hall–Kier alpha value is -0.0800. The Balaban J connectivity index is 2.23. The minimum atomic E-state index is 0.388. The second kappa shape index (κ2) is 2.46. The highest BCUT2D eigenvalue weighted by molar-refractivity contribution is 4.69. The van der Waals surface area contributed by atoms with Crippen LogP contribution in [0.4, 0.5) is 0 Å². The maximum absolute atomic E-state index is 5.65. The zero-order valence-electron chi connectivity index (χ0n) is 5.26. The van der Waals surface area contributed by atoms with E-state index in [4.69, 9.17) is 10.5 Å². The lowest BCUT2D eigenvalue weighted by Gasteiger charge is -2.23. The molecule has 0 amide bonds. The van der Waals surface area contributed by atoms with Crippen molar-refractivity contribution in [1.29, 1.82) is 0 Å². The molecular weight excluding hydrogens is 102 g/mol. The Kier molecular flexibility index (Phi) is 1.86. The van der Waals surface area contributed by atoms with Gasteiger partial charge in [-0.05, 0) is 19.8 Å². The molecule has 0 radical (unpaired) electrons. The van der Waals surface area contributed by atoms with Gasteiger partial charge in [-0.25, -0.2) is 0 Å². The van der Waals surface area contributed by atoms with Crippen LogP contribution in [0.3, 0.4) is 0 Å². The standard InChI is InChI=1S/C6H13NO/c1-5-4-6(7)2-3-8-5/h5-6H,2-4,7H2,1H3/t5-,6-/m1/s1. The van der Waals surface area contributed by atoms with Crippen molar-refractivity contribution in [3.8, 4) is 0 Å². The van der Waals surface area contributed by atoms with Crippen LogP contribution in [-0.2, 0) is 4.74 Å². The summed E-state index contributed by atoms with van der Waals surface area (Å²) in [7, 11) is 0. The number of hydrogen-bond acceptors (Lipinski definition) is 2. The van der Waals surface area contributed by atoms with Crippen molar-refractivity contribution < 1.29 is 4.74 Å². The van der Waals surface area contributed by atoms with Gasteiger partial charge in [0.2, 0.25) is 0 Å². The molecule has 2 atom stereocenters. The Bertz CT molecular complexity index is 66.9. The normalized spacial score (nSPS) is 39.8. The van der Waals surface area contributed by atoms with E-state index in [2.05, 4.69) is 6.92 Å². The summed E-state index contributed by atoms with van der Waals surface area (Å²) in [5.41, 5.74) is 5.65. The molecule has 48 valence electrons. The first kappa shape index (κ1) is 6.05. The summed E-state index contributed by atoms with van der Waals surface area (Å²) in [6.07, 6.45) is 2.45. The van der Waals surface area contributed by atoms with Gasteiger partial charge < -0.3 is 10.5 Å². The van der Waals surface area contributed by atoms with Gasteiger partial charge in [-0.1, -0.05) is 0 Å². The Labute approximate surface area is 50.0 Å². The van der Waals surface area contributed by atoms with Crippen LogP contribution in [0, 0.1) is 0 Å². The van der Waals surface area contributed by atoms with E-state index in [1.54, 1.807) is 0 Å². The van der Waals surface area contributed by atoms with Crippen LogP contribution < -0.4 is 5.73 Å². The van der Waals surface area contributed by atoms with Crippen molar-refractivity contribution in [1.82, 2.24) is 0 Å². The van der Waals surface area contributed by atoms with Crippen LogP contribution in [0.25, 0.3) is 0 Å². The maximum atomic E-state index is 5.65. The summed E-state index contributed by atoms with van der Waals surface area (Å²) in [5.74, 6) is 0. The van der Waals surface area contributed by atoms with Gasteiger partial charge in [0.05, 0.1) is 6.10 Å². The molecule has 0 aliphatic carbocycles. The molecule has 2 N–H and O–H groups in total. The predicted octanol–water partition coefficient (Wildman–Crippen LogP) is 0.513. The molecule has 1 aliphatic heterocycles. The predicted molar refractivity (Wildman–Crippen MR) is 32.6 cm³/mol. The third kappa shape index (κ3) is 1.46. The number of hydrogen-bond donors (Lipinski definition) is 1. The van der Waals surface area contributed by atoms with Crippen molar-refractivity contribution in [3.05, 3.63) is 0 Å². The van der Waals surface area contributed by atoms with Gasteiger partial charge in [-0.15, -0.1) is 0 Å². The van der Waals surface area contributed by atoms with Crippen LogP contribution in [0.15, 0.2) is 0 Å². The topological polar surface area (TPSA) is 35.2 Å². The number of nitrogens with two attached hydrogens (primary N) is 1. The molecule has 0 bridgehead atoms. The zero-order chi connectivity index (χ0) is 5.98. The van der Waals surface area contributed by atoms with E-state index in [9.17, 15) is 0 Å². The van der Waals surface area contributed by atoms with Crippen LogP contribution in [-0.4, -0.2) is 18.8 Å². The summed E-state index contributed by atoms with van der Waals surface area (Å²) < 4.78 is 5.27. The lowest BCUT2D eigenvalue weighted by molar-refractivity contribution is 0.0200. The molecule has 1 heterocycles. The molecule has 1 fully saturated rings. The molecule has 0 spiro atoms. The van der Waals surface area contributed by atoms with Crippen molar-refractivity contribution in [2.45, 2.75) is 31.9 Å². The minimum Gasteiger partial charge on any atom is -0.378 e. The van der Waals surface area contributed by atoms with Gasteiger partial charge in [0.15, 0.2) is 0 Å². The highest BCUT2D eigenvalue weighted by Crippen LogP contribution is 2.10. The van der Waals surface area contributed by atoms with E-state index >= 15 is 0 Å². The first-order valence-corrected chi connectivity index (χ1v) is 3.16. The molecule has 1 rings (SSSR count). The smallest absolute Gasteiger partial charge is 0.0561 e. The second-order valence-electron chi connectivity index (χ2n) is 2.47. The van der Waals surface area contributed by atoms with Gasteiger partial charge in [0.25, 0.3) is 0 Å². The minimum absolute atomic E-state index is 0.388. The Morgan fingerprint density at radius 2 is 2.38 bits per heavy atom.